The molecule has 1 aliphatic carbocycles. The SMILES string of the molecule is CCCC1=[C]C2=C(CCC)C=CC2S1. The lowest BCUT2D eigenvalue weighted by Gasteiger charge is -2.02. The fourth-order valence-electron chi connectivity index (χ4n) is 1.99. The molecular formula is C13H17S. The van der Waals surface area contributed by atoms with Crippen molar-refractivity contribution in [2.75, 3.05) is 0 Å². The summed E-state index contributed by atoms with van der Waals surface area (Å²) in [7, 11) is 0. The minimum absolute atomic E-state index is 0.609. The molecule has 2 aliphatic rings. The summed E-state index contributed by atoms with van der Waals surface area (Å²) in [5.41, 5.74) is 3.00. The molecule has 0 saturated carbocycles. The number of allylic oxidation sites excluding steroid dienone is 4. The Labute approximate surface area is 91.2 Å². The Morgan fingerprint density at radius 3 is 2.79 bits per heavy atom. The first-order valence-electron chi connectivity index (χ1n) is 5.56. The van der Waals surface area contributed by atoms with Crippen molar-refractivity contribution < 1.29 is 0 Å². The lowest BCUT2D eigenvalue weighted by atomic mass is 10.1. The summed E-state index contributed by atoms with van der Waals surface area (Å²) in [4.78, 5) is 1.46. The van der Waals surface area contributed by atoms with Gasteiger partial charge in [-0.25, -0.2) is 0 Å². The molecule has 2 rings (SSSR count). The van der Waals surface area contributed by atoms with E-state index in [1.807, 2.05) is 11.8 Å². The van der Waals surface area contributed by atoms with Crippen molar-refractivity contribution in [2.45, 2.75) is 44.8 Å². The fraction of sp³-hybridized carbons (Fsp3) is 0.538. The summed E-state index contributed by atoms with van der Waals surface area (Å²) < 4.78 is 0. The Morgan fingerprint density at radius 2 is 2.07 bits per heavy atom. The minimum Gasteiger partial charge on any atom is -0.117 e. The summed E-state index contributed by atoms with van der Waals surface area (Å²) in [5, 5.41) is 0.609. The molecule has 0 fully saturated rings. The van der Waals surface area contributed by atoms with Gasteiger partial charge in [0.15, 0.2) is 0 Å². The van der Waals surface area contributed by atoms with Gasteiger partial charge >= 0.3 is 0 Å². The summed E-state index contributed by atoms with van der Waals surface area (Å²) >= 11 is 2.00. The first-order valence-corrected chi connectivity index (χ1v) is 6.43. The van der Waals surface area contributed by atoms with Gasteiger partial charge in [-0.1, -0.05) is 38.8 Å². The molecule has 1 heteroatoms. The lowest BCUT2D eigenvalue weighted by Crippen LogP contribution is -1.92. The third-order valence-electron chi connectivity index (χ3n) is 2.64. The molecule has 0 nitrogen and oxygen atoms in total. The molecule has 0 N–H and O–H groups in total. The first kappa shape index (κ1) is 10.1. The third-order valence-corrected chi connectivity index (χ3v) is 3.88. The Balaban J connectivity index is 2.14. The van der Waals surface area contributed by atoms with E-state index in [0.717, 1.165) is 0 Å². The number of fused-ring (bicyclic) bond motifs is 1. The standard InChI is InChI=1S/C13H17S/c1-3-5-10-7-8-13-12(10)9-11(14-13)6-4-2/h7-8,13H,3-6H2,1-2H3. The van der Waals surface area contributed by atoms with Crippen LogP contribution in [0.3, 0.4) is 0 Å². The van der Waals surface area contributed by atoms with Gasteiger partial charge in [0.2, 0.25) is 0 Å². The second-order valence-corrected chi connectivity index (χ2v) is 5.12. The van der Waals surface area contributed by atoms with Gasteiger partial charge in [-0.2, -0.15) is 0 Å². The van der Waals surface area contributed by atoms with E-state index < -0.39 is 0 Å². The minimum atomic E-state index is 0.609. The molecule has 0 saturated heterocycles. The van der Waals surface area contributed by atoms with E-state index in [9.17, 15) is 0 Å². The molecule has 0 spiro atoms. The fourth-order valence-corrected chi connectivity index (χ4v) is 3.27. The molecule has 75 valence electrons. The zero-order valence-electron chi connectivity index (χ0n) is 8.97. The molecule has 0 amide bonds. The molecule has 0 aromatic heterocycles. The zero-order chi connectivity index (χ0) is 9.97. The van der Waals surface area contributed by atoms with Gasteiger partial charge in [-0.15, -0.1) is 11.8 Å². The maximum Gasteiger partial charge on any atom is 0.0533 e. The van der Waals surface area contributed by atoms with E-state index in [2.05, 4.69) is 32.1 Å². The van der Waals surface area contributed by atoms with Crippen molar-refractivity contribution in [3.05, 3.63) is 34.3 Å². The molecule has 0 aromatic carbocycles. The Kier molecular flexibility index (Phi) is 3.17. The van der Waals surface area contributed by atoms with E-state index >= 15 is 0 Å². The molecule has 1 heterocycles. The van der Waals surface area contributed by atoms with Gasteiger partial charge in [0, 0.05) is 0 Å². The average Bonchev–Trinajstić information content (AvgIpc) is 2.69. The normalized spacial score (nSPS) is 24.4. The number of hydrogen-bond donors (Lipinski definition) is 0. The third kappa shape index (κ3) is 1.83. The van der Waals surface area contributed by atoms with Crippen LogP contribution in [0.25, 0.3) is 0 Å². The molecular weight excluding hydrogens is 188 g/mol. The van der Waals surface area contributed by atoms with Gasteiger partial charge < -0.3 is 0 Å². The Bertz CT molecular complexity index is 307. The zero-order valence-corrected chi connectivity index (χ0v) is 9.79. The largest absolute Gasteiger partial charge is 0.117 e. The monoisotopic (exact) mass is 205 g/mol. The molecule has 14 heavy (non-hydrogen) atoms. The van der Waals surface area contributed by atoms with Gasteiger partial charge in [0.05, 0.1) is 5.25 Å². The van der Waals surface area contributed by atoms with Crippen molar-refractivity contribution in [1.29, 1.82) is 0 Å². The van der Waals surface area contributed by atoms with Crippen LogP contribution in [0, 0.1) is 6.08 Å². The molecule has 0 bridgehead atoms. The van der Waals surface area contributed by atoms with Crippen molar-refractivity contribution in [3.8, 4) is 0 Å². The highest BCUT2D eigenvalue weighted by molar-refractivity contribution is 8.04. The highest BCUT2D eigenvalue weighted by atomic mass is 32.2. The summed E-state index contributed by atoms with van der Waals surface area (Å²) in [6.45, 7) is 4.48. The van der Waals surface area contributed by atoms with Crippen molar-refractivity contribution in [3.63, 3.8) is 0 Å². The topological polar surface area (TPSA) is 0 Å². The van der Waals surface area contributed by atoms with E-state index in [1.165, 1.54) is 41.7 Å². The first-order chi connectivity index (χ1) is 6.85. The van der Waals surface area contributed by atoms with Crippen LogP contribution in [-0.4, -0.2) is 5.25 Å². The van der Waals surface area contributed by atoms with Crippen LogP contribution in [0.15, 0.2) is 28.2 Å². The maximum atomic E-state index is 3.59. The van der Waals surface area contributed by atoms with Crippen LogP contribution >= 0.6 is 11.8 Å². The van der Waals surface area contributed by atoms with Crippen LogP contribution in [0.5, 0.6) is 0 Å². The van der Waals surface area contributed by atoms with Crippen LogP contribution in [0.4, 0.5) is 0 Å². The predicted molar refractivity (Wildman–Crippen MR) is 64.1 cm³/mol. The van der Waals surface area contributed by atoms with Gasteiger partial charge in [-0.05, 0) is 35.0 Å². The number of thioether (sulfide) groups is 1. The quantitative estimate of drug-likeness (QED) is 0.661. The average molecular weight is 205 g/mol. The van der Waals surface area contributed by atoms with E-state index in [-0.39, 0.29) is 0 Å². The predicted octanol–water partition coefficient (Wildman–Crippen LogP) is 4.26. The number of rotatable bonds is 4. The molecule has 1 unspecified atom stereocenters. The van der Waals surface area contributed by atoms with Gasteiger partial charge in [0.1, 0.15) is 0 Å². The molecule has 0 aromatic rings. The van der Waals surface area contributed by atoms with E-state index in [4.69, 9.17) is 0 Å². The van der Waals surface area contributed by atoms with Crippen molar-refractivity contribution >= 4 is 11.8 Å². The smallest absolute Gasteiger partial charge is 0.0533 e. The van der Waals surface area contributed by atoms with Gasteiger partial charge in [-0.3, -0.25) is 0 Å². The summed E-state index contributed by atoms with van der Waals surface area (Å²) in [6.07, 6.45) is 13.1. The second kappa shape index (κ2) is 4.39. The van der Waals surface area contributed by atoms with E-state index in [1.54, 1.807) is 0 Å². The molecule has 1 radical (unpaired) electrons. The molecule has 1 aliphatic heterocycles. The summed E-state index contributed by atoms with van der Waals surface area (Å²) in [5.74, 6) is 0. The summed E-state index contributed by atoms with van der Waals surface area (Å²) in [6, 6.07) is 0. The van der Waals surface area contributed by atoms with Crippen LogP contribution in [0.2, 0.25) is 0 Å². The lowest BCUT2D eigenvalue weighted by molar-refractivity contribution is 0.919. The Morgan fingerprint density at radius 1 is 1.29 bits per heavy atom. The maximum absolute atomic E-state index is 3.59. The number of hydrogen-bond acceptors (Lipinski definition) is 1. The molecule has 1 atom stereocenters. The van der Waals surface area contributed by atoms with Crippen molar-refractivity contribution in [2.24, 2.45) is 0 Å². The highest BCUT2D eigenvalue weighted by Gasteiger charge is 2.26. The van der Waals surface area contributed by atoms with E-state index in [0.29, 0.717) is 5.25 Å². The Hall–Kier alpha value is -0.430. The van der Waals surface area contributed by atoms with Crippen LogP contribution in [0.1, 0.15) is 39.5 Å². The van der Waals surface area contributed by atoms with Crippen molar-refractivity contribution in [1.82, 2.24) is 0 Å². The van der Waals surface area contributed by atoms with Gasteiger partial charge in [0.25, 0.3) is 0 Å². The highest BCUT2D eigenvalue weighted by Crippen LogP contribution is 2.43. The van der Waals surface area contributed by atoms with Crippen LogP contribution < -0.4 is 0 Å². The van der Waals surface area contributed by atoms with Crippen LogP contribution in [-0.2, 0) is 0 Å². The second-order valence-electron chi connectivity index (χ2n) is 3.88.